The molecule has 0 saturated heterocycles. The Balaban J connectivity index is 1.73. The molecule has 0 saturated carbocycles. The van der Waals surface area contributed by atoms with Crippen LogP contribution >= 0.6 is 0 Å². The van der Waals surface area contributed by atoms with Gasteiger partial charge in [0.2, 0.25) is 0 Å². The van der Waals surface area contributed by atoms with Gasteiger partial charge in [-0.1, -0.05) is 129 Å². The highest BCUT2D eigenvalue weighted by molar-refractivity contribution is 5.87. The van der Waals surface area contributed by atoms with E-state index in [4.69, 9.17) is 9.84 Å². The number of unbranched alkanes of at least 4 members (excludes halogenated alkanes) is 19. The van der Waals surface area contributed by atoms with Crippen LogP contribution in [0.3, 0.4) is 0 Å². The van der Waals surface area contributed by atoms with E-state index in [1.807, 2.05) is 0 Å². The molecule has 0 amide bonds. The molecular weight excluding hydrogens is 396 g/mol. The molecule has 32 heavy (non-hydrogen) atoms. The Hall–Kier alpha value is -1.51. The zero-order valence-corrected chi connectivity index (χ0v) is 20.9. The van der Waals surface area contributed by atoms with Crippen LogP contribution in [0.4, 0.5) is 0 Å². The molecule has 0 aliphatic carbocycles. The second-order valence-corrected chi connectivity index (χ2v) is 9.40. The van der Waals surface area contributed by atoms with Crippen molar-refractivity contribution in [1.29, 1.82) is 0 Å². The first-order valence-corrected chi connectivity index (χ1v) is 13.7. The number of aromatic carboxylic acids is 1. The first-order chi connectivity index (χ1) is 15.7. The number of hydrogen-bond acceptors (Lipinski definition) is 2. The number of ether oxygens (including phenoxy) is 1. The maximum absolute atomic E-state index is 10.8. The lowest BCUT2D eigenvalue weighted by Crippen LogP contribution is -1.99. The highest BCUT2D eigenvalue weighted by Gasteiger charge is 2.02. The van der Waals surface area contributed by atoms with Crippen LogP contribution in [-0.4, -0.2) is 17.7 Å². The van der Waals surface area contributed by atoms with Crippen molar-refractivity contribution in [3.05, 3.63) is 29.8 Å². The molecule has 0 aliphatic heterocycles. The minimum absolute atomic E-state index is 0.302. The molecule has 184 valence electrons. The van der Waals surface area contributed by atoms with Crippen LogP contribution in [0.25, 0.3) is 0 Å². The van der Waals surface area contributed by atoms with E-state index in [1.54, 1.807) is 24.3 Å². The smallest absolute Gasteiger partial charge is 0.335 e. The van der Waals surface area contributed by atoms with Crippen molar-refractivity contribution in [2.75, 3.05) is 6.61 Å². The largest absolute Gasteiger partial charge is 0.494 e. The molecule has 0 radical (unpaired) electrons. The van der Waals surface area contributed by atoms with Gasteiger partial charge in [-0.25, -0.2) is 4.79 Å². The highest BCUT2D eigenvalue weighted by Crippen LogP contribution is 2.16. The lowest BCUT2D eigenvalue weighted by atomic mass is 10.0. The third kappa shape index (κ3) is 17.1. The summed E-state index contributed by atoms with van der Waals surface area (Å²) in [5.74, 6) is -0.140. The summed E-state index contributed by atoms with van der Waals surface area (Å²) < 4.78 is 5.68. The van der Waals surface area contributed by atoms with E-state index in [9.17, 15) is 4.79 Å². The van der Waals surface area contributed by atoms with E-state index in [-0.39, 0.29) is 0 Å². The van der Waals surface area contributed by atoms with E-state index in [1.165, 1.54) is 122 Å². The van der Waals surface area contributed by atoms with Crippen LogP contribution in [-0.2, 0) is 0 Å². The topological polar surface area (TPSA) is 46.5 Å². The summed E-state index contributed by atoms with van der Waals surface area (Å²) >= 11 is 0. The van der Waals surface area contributed by atoms with Gasteiger partial charge in [-0.05, 0) is 30.7 Å². The van der Waals surface area contributed by atoms with E-state index in [2.05, 4.69) is 6.92 Å². The molecule has 1 aromatic carbocycles. The van der Waals surface area contributed by atoms with Gasteiger partial charge in [-0.15, -0.1) is 0 Å². The fourth-order valence-corrected chi connectivity index (χ4v) is 4.24. The van der Waals surface area contributed by atoms with Crippen LogP contribution in [0, 0.1) is 0 Å². The molecule has 3 nitrogen and oxygen atoms in total. The number of carboxylic acid groups (broad SMARTS) is 1. The Morgan fingerprint density at radius 3 is 1.28 bits per heavy atom. The Bertz CT molecular complexity index is 538. The predicted molar refractivity (Wildman–Crippen MR) is 137 cm³/mol. The van der Waals surface area contributed by atoms with Crippen molar-refractivity contribution in [2.24, 2.45) is 0 Å². The predicted octanol–water partition coefficient (Wildman–Crippen LogP) is 9.59. The Morgan fingerprint density at radius 1 is 0.594 bits per heavy atom. The van der Waals surface area contributed by atoms with E-state index in [0.717, 1.165) is 12.2 Å². The molecule has 1 rings (SSSR count). The van der Waals surface area contributed by atoms with E-state index < -0.39 is 5.97 Å². The van der Waals surface area contributed by atoms with Gasteiger partial charge in [0, 0.05) is 0 Å². The number of carbonyl (C=O) groups is 1. The summed E-state index contributed by atoms with van der Waals surface area (Å²) in [5, 5.41) is 8.89. The number of rotatable bonds is 23. The summed E-state index contributed by atoms with van der Waals surface area (Å²) in [6.45, 7) is 3.00. The maximum Gasteiger partial charge on any atom is 0.335 e. The Morgan fingerprint density at radius 2 is 0.938 bits per heavy atom. The van der Waals surface area contributed by atoms with Crippen molar-refractivity contribution in [2.45, 2.75) is 135 Å². The zero-order chi connectivity index (χ0) is 23.1. The van der Waals surface area contributed by atoms with Gasteiger partial charge in [0.15, 0.2) is 0 Å². The van der Waals surface area contributed by atoms with Crippen LogP contribution in [0.15, 0.2) is 24.3 Å². The molecule has 0 unspecified atom stereocenters. The van der Waals surface area contributed by atoms with Gasteiger partial charge < -0.3 is 9.84 Å². The number of carboxylic acids is 1. The molecule has 0 bridgehead atoms. The highest BCUT2D eigenvalue weighted by atomic mass is 16.5. The monoisotopic (exact) mass is 446 g/mol. The van der Waals surface area contributed by atoms with E-state index >= 15 is 0 Å². The fraction of sp³-hybridized carbons (Fsp3) is 0.759. The molecule has 0 fully saturated rings. The molecule has 0 spiro atoms. The molecule has 1 N–H and O–H groups in total. The lowest BCUT2D eigenvalue weighted by molar-refractivity contribution is 0.0697. The van der Waals surface area contributed by atoms with Crippen molar-refractivity contribution in [1.82, 2.24) is 0 Å². The quantitative estimate of drug-likeness (QED) is 0.170. The molecular formula is C29H50O3. The Kier molecular flexibility index (Phi) is 19.0. The fourth-order valence-electron chi connectivity index (χ4n) is 4.24. The summed E-state index contributed by atoms with van der Waals surface area (Å²) in [6.07, 6.45) is 27.8. The molecule has 0 atom stereocenters. The minimum Gasteiger partial charge on any atom is -0.494 e. The summed E-state index contributed by atoms with van der Waals surface area (Å²) in [5.41, 5.74) is 0.302. The van der Waals surface area contributed by atoms with E-state index in [0.29, 0.717) is 12.2 Å². The lowest BCUT2D eigenvalue weighted by Gasteiger charge is -2.06. The van der Waals surface area contributed by atoms with Gasteiger partial charge in [0.25, 0.3) is 0 Å². The van der Waals surface area contributed by atoms with Gasteiger partial charge in [0.1, 0.15) is 5.75 Å². The minimum atomic E-state index is -0.898. The second-order valence-electron chi connectivity index (χ2n) is 9.40. The number of hydrogen-bond donors (Lipinski definition) is 1. The molecule has 0 aliphatic rings. The second kappa shape index (κ2) is 21.3. The van der Waals surface area contributed by atoms with Crippen LogP contribution < -0.4 is 4.74 Å². The molecule has 0 heterocycles. The first-order valence-electron chi connectivity index (χ1n) is 13.7. The van der Waals surface area contributed by atoms with Gasteiger partial charge >= 0.3 is 5.97 Å². The van der Waals surface area contributed by atoms with Crippen LogP contribution in [0.2, 0.25) is 0 Å². The van der Waals surface area contributed by atoms with Gasteiger partial charge in [-0.2, -0.15) is 0 Å². The molecule has 1 aromatic rings. The van der Waals surface area contributed by atoms with Crippen molar-refractivity contribution < 1.29 is 14.6 Å². The third-order valence-corrected chi connectivity index (χ3v) is 6.37. The first kappa shape index (κ1) is 28.5. The average molecular weight is 447 g/mol. The van der Waals surface area contributed by atoms with Gasteiger partial charge in [0.05, 0.1) is 12.2 Å². The van der Waals surface area contributed by atoms with Gasteiger partial charge in [-0.3, -0.25) is 0 Å². The van der Waals surface area contributed by atoms with Crippen LogP contribution in [0.1, 0.15) is 146 Å². The summed E-state index contributed by atoms with van der Waals surface area (Å²) in [7, 11) is 0. The summed E-state index contributed by atoms with van der Waals surface area (Å²) in [6, 6.07) is 6.66. The van der Waals surface area contributed by atoms with Crippen molar-refractivity contribution in [3.63, 3.8) is 0 Å². The third-order valence-electron chi connectivity index (χ3n) is 6.37. The average Bonchev–Trinajstić information content (AvgIpc) is 2.80. The molecule has 3 heteroatoms. The SMILES string of the molecule is CCCCCCCCCCCCCCCCCCCCCCOc1ccc(C(=O)O)cc1. The number of benzene rings is 1. The van der Waals surface area contributed by atoms with Crippen LogP contribution in [0.5, 0.6) is 5.75 Å². The standard InChI is InChI=1S/C29H50O3/c1-2-3-4-5-6-7-8-9-10-11-12-13-14-15-16-17-18-19-20-21-26-32-28-24-22-27(23-25-28)29(30)31/h22-25H,2-21,26H2,1H3,(H,30,31). The maximum atomic E-state index is 10.8. The Labute approximate surface area is 198 Å². The molecule has 0 aromatic heterocycles. The zero-order valence-electron chi connectivity index (χ0n) is 20.9. The van der Waals surface area contributed by atoms with Crippen molar-refractivity contribution in [3.8, 4) is 5.75 Å². The summed E-state index contributed by atoms with van der Waals surface area (Å²) in [4.78, 5) is 10.8. The normalized spacial score (nSPS) is 11.0. The van der Waals surface area contributed by atoms with Crippen molar-refractivity contribution >= 4 is 5.97 Å².